The van der Waals surface area contributed by atoms with E-state index in [1.807, 2.05) is 0 Å². The lowest BCUT2D eigenvalue weighted by atomic mass is 9.95. The Morgan fingerprint density at radius 2 is 2.03 bits per heavy atom. The fourth-order valence-electron chi connectivity index (χ4n) is 4.32. The monoisotopic (exact) mass is 503 g/mol. The van der Waals surface area contributed by atoms with Crippen LogP contribution in [-0.2, 0) is 11.0 Å². The van der Waals surface area contributed by atoms with Crippen LogP contribution in [0.2, 0.25) is 10.0 Å². The number of hydrogen-bond acceptors (Lipinski definition) is 5. The minimum atomic E-state index is -4.66. The van der Waals surface area contributed by atoms with E-state index in [1.54, 1.807) is 24.9 Å². The Kier molecular flexibility index (Phi) is 6.38. The maximum absolute atomic E-state index is 13.4. The van der Waals surface area contributed by atoms with E-state index in [0.717, 1.165) is 17.2 Å². The molecule has 12 heteroatoms. The number of anilines is 1. The van der Waals surface area contributed by atoms with Crippen LogP contribution in [0.25, 0.3) is 0 Å². The Hall–Kier alpha value is -2.27. The third-order valence-electron chi connectivity index (χ3n) is 5.87. The van der Waals surface area contributed by atoms with Crippen LogP contribution in [0, 0.1) is 0 Å². The summed E-state index contributed by atoms with van der Waals surface area (Å²) >= 11 is 12.2. The van der Waals surface area contributed by atoms with Crippen molar-refractivity contribution in [2.24, 2.45) is 0 Å². The number of nitrogens with zero attached hydrogens (tertiary/aromatic N) is 3. The van der Waals surface area contributed by atoms with Gasteiger partial charge in [-0.2, -0.15) is 18.3 Å². The van der Waals surface area contributed by atoms with Crippen LogP contribution in [0.3, 0.4) is 0 Å². The molecule has 3 atom stereocenters. The maximum atomic E-state index is 13.4. The molecule has 1 aromatic heterocycles. The van der Waals surface area contributed by atoms with Gasteiger partial charge in [-0.05, 0) is 44.4 Å². The molecule has 2 aliphatic heterocycles. The average molecular weight is 504 g/mol. The number of hydrazine groups is 1. The molecule has 2 aliphatic rings. The highest BCUT2D eigenvalue weighted by Crippen LogP contribution is 2.40. The van der Waals surface area contributed by atoms with Crippen molar-refractivity contribution in [1.29, 1.82) is 0 Å². The summed E-state index contributed by atoms with van der Waals surface area (Å²) in [6, 6.07) is 4.27. The first-order valence-corrected chi connectivity index (χ1v) is 11.1. The van der Waals surface area contributed by atoms with Crippen LogP contribution in [0.5, 0.6) is 0 Å². The Balaban J connectivity index is 1.77. The lowest BCUT2D eigenvalue weighted by molar-refractivity contribution is -0.141. The number of aromatic nitrogens is 2. The number of nitrogens with one attached hydrogen (secondary N) is 2. The SMILES string of the molecule is CC1=C(C(=O)NN2CCC[C@@H]2C(C)O)C(c2ccc(Cl)c(Cl)c2)n2nc(C(F)(F)F)cc2N1. The van der Waals surface area contributed by atoms with Crippen molar-refractivity contribution in [2.45, 2.75) is 51.1 Å². The number of aliphatic hydroxyl groups is 1. The molecule has 178 valence electrons. The van der Waals surface area contributed by atoms with Crippen molar-refractivity contribution in [3.8, 4) is 0 Å². The molecule has 7 nitrogen and oxygen atoms in total. The molecule has 0 bridgehead atoms. The molecule has 0 radical (unpaired) electrons. The van der Waals surface area contributed by atoms with E-state index in [1.165, 1.54) is 12.1 Å². The quantitative estimate of drug-likeness (QED) is 0.576. The minimum Gasteiger partial charge on any atom is -0.392 e. The van der Waals surface area contributed by atoms with E-state index in [-0.39, 0.29) is 27.5 Å². The van der Waals surface area contributed by atoms with Crippen molar-refractivity contribution in [1.82, 2.24) is 20.2 Å². The van der Waals surface area contributed by atoms with Gasteiger partial charge in [0.15, 0.2) is 5.69 Å². The van der Waals surface area contributed by atoms with Gasteiger partial charge >= 0.3 is 6.18 Å². The molecule has 33 heavy (non-hydrogen) atoms. The summed E-state index contributed by atoms with van der Waals surface area (Å²) in [7, 11) is 0. The first kappa shape index (κ1) is 23.9. The Morgan fingerprint density at radius 3 is 2.67 bits per heavy atom. The van der Waals surface area contributed by atoms with E-state index < -0.39 is 29.9 Å². The zero-order valence-electron chi connectivity index (χ0n) is 17.7. The van der Waals surface area contributed by atoms with Gasteiger partial charge in [0.1, 0.15) is 11.9 Å². The molecular weight excluding hydrogens is 482 g/mol. The van der Waals surface area contributed by atoms with Crippen LogP contribution in [0.4, 0.5) is 19.0 Å². The molecule has 0 spiro atoms. The number of carbonyl (C=O) groups excluding carboxylic acids is 1. The second kappa shape index (κ2) is 8.83. The van der Waals surface area contributed by atoms with Crippen molar-refractivity contribution in [3.05, 3.63) is 56.8 Å². The molecule has 0 aliphatic carbocycles. The van der Waals surface area contributed by atoms with Gasteiger partial charge in [-0.3, -0.25) is 10.2 Å². The van der Waals surface area contributed by atoms with E-state index in [0.29, 0.717) is 24.2 Å². The zero-order chi connectivity index (χ0) is 24.1. The van der Waals surface area contributed by atoms with E-state index in [4.69, 9.17) is 23.2 Å². The highest BCUT2D eigenvalue weighted by Gasteiger charge is 2.40. The first-order chi connectivity index (χ1) is 15.5. The van der Waals surface area contributed by atoms with Crippen molar-refractivity contribution in [2.75, 3.05) is 11.9 Å². The highest BCUT2D eigenvalue weighted by molar-refractivity contribution is 6.42. The number of aliphatic hydroxyl groups excluding tert-OH is 1. The van der Waals surface area contributed by atoms with Gasteiger partial charge < -0.3 is 10.4 Å². The molecule has 1 saturated heterocycles. The Labute approximate surface area is 198 Å². The molecule has 1 aromatic carbocycles. The van der Waals surface area contributed by atoms with Crippen molar-refractivity contribution >= 4 is 34.9 Å². The average Bonchev–Trinajstić information content (AvgIpc) is 3.35. The smallest absolute Gasteiger partial charge is 0.392 e. The van der Waals surface area contributed by atoms with Crippen LogP contribution in [0.15, 0.2) is 35.5 Å². The first-order valence-electron chi connectivity index (χ1n) is 10.3. The molecule has 1 fully saturated rings. The van der Waals surface area contributed by atoms with E-state index in [9.17, 15) is 23.1 Å². The predicted octanol–water partition coefficient (Wildman–Crippen LogP) is 4.37. The van der Waals surface area contributed by atoms with Crippen LogP contribution in [-0.4, -0.2) is 44.5 Å². The van der Waals surface area contributed by atoms with E-state index in [2.05, 4.69) is 15.8 Å². The van der Waals surface area contributed by atoms with Gasteiger partial charge in [-0.25, -0.2) is 9.69 Å². The second-order valence-corrected chi connectivity index (χ2v) is 9.00. The summed E-state index contributed by atoms with van der Waals surface area (Å²) in [4.78, 5) is 13.4. The second-order valence-electron chi connectivity index (χ2n) is 8.18. The van der Waals surface area contributed by atoms with Gasteiger partial charge in [0.05, 0.1) is 27.8 Å². The van der Waals surface area contributed by atoms with Gasteiger partial charge in [0.2, 0.25) is 0 Å². The molecule has 2 aromatic rings. The van der Waals surface area contributed by atoms with Crippen molar-refractivity contribution < 1.29 is 23.1 Å². The third kappa shape index (κ3) is 4.57. The predicted molar refractivity (Wildman–Crippen MR) is 118 cm³/mol. The summed E-state index contributed by atoms with van der Waals surface area (Å²) in [6.07, 6.45) is -3.82. The maximum Gasteiger partial charge on any atom is 0.435 e. The normalized spacial score (nSPS) is 22.2. The molecule has 3 N–H and O–H groups in total. The third-order valence-corrected chi connectivity index (χ3v) is 6.61. The fourth-order valence-corrected chi connectivity index (χ4v) is 4.62. The topological polar surface area (TPSA) is 82.4 Å². The highest BCUT2D eigenvalue weighted by atomic mass is 35.5. The summed E-state index contributed by atoms with van der Waals surface area (Å²) in [5, 5.41) is 18.8. The molecular formula is C21H22Cl2F3N5O2. The summed E-state index contributed by atoms with van der Waals surface area (Å²) in [5.74, 6) is -0.422. The molecule has 2 unspecified atom stereocenters. The van der Waals surface area contributed by atoms with Gasteiger partial charge in [-0.1, -0.05) is 29.3 Å². The summed E-state index contributed by atoms with van der Waals surface area (Å²) < 4.78 is 41.3. The van der Waals surface area contributed by atoms with E-state index >= 15 is 0 Å². The summed E-state index contributed by atoms with van der Waals surface area (Å²) in [6.45, 7) is 3.80. The number of fused-ring (bicyclic) bond motifs is 1. The number of halogens is 5. The molecule has 0 saturated carbocycles. The standard InChI is InChI=1S/C21H22Cl2F3N5O2/c1-10-18(20(33)29-30-7-3-4-15(30)11(2)32)19(12-5-6-13(22)14(23)8-12)31-17(27-10)9-16(28-31)21(24,25)26/h5-6,8-9,11,15,19,27,32H,3-4,7H2,1-2H3,(H,29,33)/t11?,15-,19?/m1/s1. The van der Waals surface area contributed by atoms with Gasteiger partial charge in [-0.15, -0.1) is 0 Å². The van der Waals surface area contributed by atoms with Crippen LogP contribution >= 0.6 is 23.2 Å². The van der Waals surface area contributed by atoms with Crippen molar-refractivity contribution in [3.63, 3.8) is 0 Å². The number of alkyl halides is 3. The zero-order valence-corrected chi connectivity index (χ0v) is 19.3. The number of amides is 1. The number of benzene rings is 1. The fraction of sp³-hybridized carbons (Fsp3) is 0.429. The Bertz CT molecular complexity index is 1120. The Morgan fingerprint density at radius 1 is 1.30 bits per heavy atom. The molecule has 3 heterocycles. The lowest BCUT2D eigenvalue weighted by Crippen LogP contribution is -2.50. The van der Waals surface area contributed by atoms with Crippen LogP contribution < -0.4 is 10.7 Å². The number of allylic oxidation sites excluding steroid dienone is 1. The van der Waals surface area contributed by atoms with Gasteiger partial charge in [0.25, 0.3) is 5.91 Å². The number of hydrogen-bond donors (Lipinski definition) is 3. The van der Waals surface area contributed by atoms with Crippen LogP contribution in [0.1, 0.15) is 44.0 Å². The molecule has 4 rings (SSSR count). The number of carbonyl (C=O) groups is 1. The number of rotatable bonds is 4. The van der Waals surface area contributed by atoms with Gasteiger partial charge in [0, 0.05) is 18.3 Å². The molecule has 1 amide bonds. The summed E-state index contributed by atoms with van der Waals surface area (Å²) in [5.41, 5.74) is 2.73. The largest absolute Gasteiger partial charge is 0.435 e. The lowest BCUT2D eigenvalue weighted by Gasteiger charge is -2.32. The minimum absolute atomic E-state index is 0.0930.